The molecule has 4 heavy (non-hydrogen) atoms. The van der Waals surface area contributed by atoms with Gasteiger partial charge in [-0.15, -0.1) is 11.4 Å². The van der Waals surface area contributed by atoms with Crippen molar-refractivity contribution in [2.24, 2.45) is 0 Å². The Labute approximate surface area is 45.1 Å². The zero-order valence-electron chi connectivity index (χ0n) is 2.29. The second-order valence-electron chi connectivity index (χ2n) is 0.281. The Morgan fingerprint density at radius 2 is 2.25 bits per heavy atom. The molecule has 0 N–H and O–H groups in total. The molecule has 0 heterocycles. The van der Waals surface area contributed by atoms with Gasteiger partial charge in [0.15, 0.2) is 0 Å². The van der Waals surface area contributed by atoms with Crippen LogP contribution >= 0.6 is 38.8 Å². The fourth-order valence-corrected chi connectivity index (χ4v) is 0. The van der Waals surface area contributed by atoms with Crippen molar-refractivity contribution in [3.63, 3.8) is 0 Å². The van der Waals surface area contributed by atoms with Crippen LogP contribution in [-0.4, -0.2) is 6.26 Å². The summed E-state index contributed by atoms with van der Waals surface area (Å²) in [7, 11) is 0. The topological polar surface area (TPSA) is 0 Å². The normalized spacial score (nSPS) is 10.5. The Kier molecular flexibility index (Phi) is 6.21. The van der Waals surface area contributed by atoms with Gasteiger partial charge in [0.05, 0.1) is 0 Å². The zero-order valence-corrected chi connectivity index (χ0v) is 6.26. The van der Waals surface area contributed by atoms with Crippen LogP contribution in [0.5, 0.6) is 0 Å². The lowest BCUT2D eigenvalue weighted by Gasteiger charge is -1.67. The Balaban J connectivity index is 1.97. The number of hydrogen-bond donors (Lipinski definition) is 0. The van der Waals surface area contributed by atoms with Crippen molar-refractivity contribution >= 4 is 38.8 Å². The molecule has 0 saturated carbocycles. The van der Waals surface area contributed by atoms with Crippen LogP contribution in [-0.2, 0) is 0 Å². The van der Waals surface area contributed by atoms with Gasteiger partial charge in [-0.1, -0.05) is 0 Å². The van der Waals surface area contributed by atoms with E-state index in [0.29, 0.717) is 0 Å². The van der Waals surface area contributed by atoms with Crippen LogP contribution in [0.15, 0.2) is 0 Å². The SMILES string of the molecule is CSPI. The molecule has 3 heteroatoms. The van der Waals surface area contributed by atoms with Crippen LogP contribution in [0.4, 0.5) is 0 Å². The third-order valence-corrected chi connectivity index (χ3v) is 4.66. The van der Waals surface area contributed by atoms with E-state index in [9.17, 15) is 0 Å². The lowest BCUT2D eigenvalue weighted by Crippen LogP contribution is -1.12. The molecular formula is CH4IPS. The highest BCUT2D eigenvalue weighted by Crippen LogP contribution is 2.33. The molecule has 0 saturated heterocycles. The van der Waals surface area contributed by atoms with Gasteiger partial charge < -0.3 is 0 Å². The van der Waals surface area contributed by atoms with Crippen LogP contribution in [0.2, 0.25) is 0 Å². The van der Waals surface area contributed by atoms with E-state index in [1.54, 1.807) is 0 Å². The summed E-state index contributed by atoms with van der Waals surface area (Å²) in [6.45, 7) is 0. The lowest BCUT2D eigenvalue weighted by atomic mass is 12.0. The molecule has 0 rings (SSSR count). The summed E-state index contributed by atoms with van der Waals surface area (Å²) >= 11 is 4.21. The molecule has 0 aliphatic heterocycles. The first-order valence-electron chi connectivity index (χ1n) is 0.801. The van der Waals surface area contributed by atoms with E-state index in [-0.39, 0.29) is 0 Å². The van der Waals surface area contributed by atoms with Crippen molar-refractivity contribution in [3.05, 3.63) is 0 Å². The van der Waals surface area contributed by atoms with E-state index in [2.05, 4.69) is 28.3 Å². The number of hydrogen-bond acceptors (Lipinski definition) is 1. The van der Waals surface area contributed by atoms with Crippen LogP contribution in [0.1, 0.15) is 0 Å². The van der Waals surface area contributed by atoms with Gasteiger partial charge in [0.1, 0.15) is 0 Å². The Hall–Kier alpha value is 1.51. The second-order valence-corrected chi connectivity index (χ2v) is 6.50. The summed E-state index contributed by atoms with van der Waals surface area (Å²) < 4.78 is 0. The highest BCUT2D eigenvalue weighted by Gasteiger charge is 1.57. The van der Waals surface area contributed by atoms with Crippen LogP contribution < -0.4 is 0 Å². The van der Waals surface area contributed by atoms with Crippen molar-refractivity contribution in [3.8, 4) is 0 Å². The molecule has 0 aliphatic rings. The molecule has 0 aliphatic carbocycles. The summed E-state index contributed by atoms with van der Waals surface area (Å²) in [5.74, 6) is 0. The van der Waals surface area contributed by atoms with E-state index in [0.717, 1.165) is 5.43 Å². The van der Waals surface area contributed by atoms with Gasteiger partial charge in [0.2, 0.25) is 0 Å². The van der Waals surface area contributed by atoms with E-state index in [1.807, 2.05) is 11.4 Å². The zero-order chi connectivity index (χ0) is 3.41. The molecule has 1 unspecified atom stereocenters. The summed E-state index contributed by atoms with van der Waals surface area (Å²) in [6.07, 6.45) is 2.10. The minimum absolute atomic E-state index is 1.03. The van der Waals surface area contributed by atoms with Gasteiger partial charge in [-0.3, -0.25) is 0 Å². The smallest absolute Gasteiger partial charge is 0.00377 e. The first-order chi connectivity index (χ1) is 1.91. The molecule has 0 bridgehead atoms. The molecular weight excluding hydrogens is 202 g/mol. The quantitative estimate of drug-likeness (QED) is 0.468. The molecule has 26 valence electrons. The average molecular weight is 206 g/mol. The van der Waals surface area contributed by atoms with Crippen LogP contribution in [0.25, 0.3) is 0 Å². The average Bonchev–Trinajstić information content (AvgIpc) is 1.37. The second kappa shape index (κ2) is 4.51. The predicted octanol–water partition coefficient (Wildman–Crippen LogP) is 2.29. The van der Waals surface area contributed by atoms with Gasteiger partial charge >= 0.3 is 0 Å². The van der Waals surface area contributed by atoms with Gasteiger partial charge in [0.25, 0.3) is 0 Å². The third kappa shape index (κ3) is 3.51. The first kappa shape index (κ1) is 5.51. The van der Waals surface area contributed by atoms with Crippen molar-refractivity contribution in [1.29, 1.82) is 0 Å². The van der Waals surface area contributed by atoms with Crippen molar-refractivity contribution in [2.45, 2.75) is 0 Å². The van der Waals surface area contributed by atoms with E-state index < -0.39 is 0 Å². The van der Waals surface area contributed by atoms with Crippen molar-refractivity contribution < 1.29 is 0 Å². The first-order valence-corrected chi connectivity index (χ1v) is 6.87. The molecule has 0 amide bonds. The number of rotatable bonds is 1. The lowest BCUT2D eigenvalue weighted by molar-refractivity contribution is 2.55. The Morgan fingerprint density at radius 3 is 2.25 bits per heavy atom. The van der Waals surface area contributed by atoms with E-state index in [4.69, 9.17) is 0 Å². The third-order valence-electron chi connectivity index (χ3n) is 0.0772. The predicted molar refractivity (Wildman–Crippen MR) is 35.9 cm³/mol. The Bertz CT molecular complexity index is 10.0. The maximum Gasteiger partial charge on any atom is 0.00377 e. The van der Waals surface area contributed by atoms with E-state index >= 15 is 0 Å². The molecule has 0 aromatic heterocycles. The monoisotopic (exact) mass is 206 g/mol. The van der Waals surface area contributed by atoms with Gasteiger partial charge in [-0.2, -0.15) is 0 Å². The maximum atomic E-state index is 2.34. The summed E-state index contributed by atoms with van der Waals surface area (Å²) in [5, 5.41) is 0. The van der Waals surface area contributed by atoms with Crippen molar-refractivity contribution in [1.82, 2.24) is 0 Å². The van der Waals surface area contributed by atoms with Crippen molar-refractivity contribution in [2.75, 3.05) is 6.26 Å². The molecule has 0 radical (unpaired) electrons. The largest absolute Gasteiger partial charge is 0.130 e. The molecule has 0 aromatic carbocycles. The fourth-order valence-electron chi connectivity index (χ4n) is 0. The molecule has 0 nitrogen and oxygen atoms in total. The minimum atomic E-state index is 1.03. The molecule has 0 fully saturated rings. The van der Waals surface area contributed by atoms with Gasteiger partial charge in [-0.05, 0) is 28.3 Å². The summed E-state index contributed by atoms with van der Waals surface area (Å²) in [5.41, 5.74) is 1.03. The minimum Gasteiger partial charge on any atom is -0.130 e. The molecule has 0 spiro atoms. The van der Waals surface area contributed by atoms with E-state index in [1.165, 1.54) is 0 Å². The summed E-state index contributed by atoms with van der Waals surface area (Å²) in [6, 6.07) is 0. The highest BCUT2D eigenvalue weighted by molar-refractivity contribution is 14.2. The van der Waals surface area contributed by atoms with Crippen LogP contribution in [0, 0.1) is 0 Å². The Morgan fingerprint density at radius 1 is 2.00 bits per heavy atom. The molecule has 0 aromatic rings. The highest BCUT2D eigenvalue weighted by atomic mass is 127. The van der Waals surface area contributed by atoms with Crippen LogP contribution in [0.3, 0.4) is 0 Å². The van der Waals surface area contributed by atoms with Gasteiger partial charge in [0, 0.05) is 5.43 Å². The molecule has 1 atom stereocenters. The standard InChI is InChI=1S/CH4IPS/c1-4-3-2/h3H,1H3. The summed E-state index contributed by atoms with van der Waals surface area (Å²) in [4.78, 5) is 0. The fraction of sp³-hybridized carbons (Fsp3) is 1.00. The maximum absolute atomic E-state index is 2.34. The number of halogens is 1. The van der Waals surface area contributed by atoms with Gasteiger partial charge in [-0.25, -0.2) is 0 Å².